The predicted octanol–water partition coefficient (Wildman–Crippen LogP) is 2.09. The van der Waals surface area contributed by atoms with Gasteiger partial charge in [-0.25, -0.2) is 0 Å². The molecule has 1 heterocycles. The van der Waals surface area contributed by atoms with Crippen molar-refractivity contribution in [2.24, 2.45) is 5.73 Å². The van der Waals surface area contributed by atoms with Gasteiger partial charge in [-0.05, 0) is 28.5 Å². The minimum absolute atomic E-state index is 0.0815. The smallest absolute Gasteiger partial charge is 0.232 e. The Balaban J connectivity index is 2.03. The number of primary amides is 1. The molecule has 22 heavy (non-hydrogen) atoms. The molecular formula is C17H24N2O2S. The van der Waals surface area contributed by atoms with E-state index < -0.39 is 0 Å². The number of carbonyl (C=O) groups is 2. The van der Waals surface area contributed by atoms with Gasteiger partial charge in [0.05, 0.1) is 11.5 Å². The average molecular weight is 320 g/mol. The van der Waals surface area contributed by atoms with Crippen LogP contribution in [-0.4, -0.2) is 34.8 Å². The van der Waals surface area contributed by atoms with Crippen molar-refractivity contribution < 1.29 is 9.59 Å². The van der Waals surface area contributed by atoms with Crippen LogP contribution in [0.15, 0.2) is 18.2 Å². The highest BCUT2D eigenvalue weighted by molar-refractivity contribution is 8.00. The summed E-state index contributed by atoms with van der Waals surface area (Å²) in [5.41, 5.74) is 9.08. The van der Waals surface area contributed by atoms with Crippen LogP contribution in [0.4, 0.5) is 0 Å². The van der Waals surface area contributed by atoms with E-state index in [1.807, 2.05) is 4.90 Å². The highest BCUT2D eigenvalue weighted by Crippen LogP contribution is 2.27. The minimum Gasteiger partial charge on any atom is -0.369 e. The van der Waals surface area contributed by atoms with Gasteiger partial charge < -0.3 is 10.6 Å². The fourth-order valence-electron chi connectivity index (χ4n) is 2.57. The number of hydrogen-bond acceptors (Lipinski definition) is 3. The summed E-state index contributed by atoms with van der Waals surface area (Å²) >= 11 is 1.29. The lowest BCUT2D eigenvalue weighted by atomic mass is 9.84. The molecule has 0 bridgehead atoms. The summed E-state index contributed by atoms with van der Waals surface area (Å²) in [6.45, 7) is 8.00. The number of rotatable bonds is 4. The van der Waals surface area contributed by atoms with Crippen LogP contribution in [0.2, 0.25) is 0 Å². The maximum Gasteiger partial charge on any atom is 0.232 e. The third kappa shape index (κ3) is 4.26. The lowest BCUT2D eigenvalue weighted by Gasteiger charge is -2.30. The molecule has 2 N–H and O–H groups in total. The third-order valence-corrected chi connectivity index (χ3v) is 4.85. The van der Waals surface area contributed by atoms with Crippen molar-refractivity contribution in [1.82, 2.24) is 4.90 Å². The summed E-state index contributed by atoms with van der Waals surface area (Å²) in [5.74, 6) is 0.219. The van der Waals surface area contributed by atoms with Crippen LogP contribution < -0.4 is 5.73 Å². The van der Waals surface area contributed by atoms with Crippen molar-refractivity contribution in [3.05, 3.63) is 34.9 Å². The molecule has 0 spiro atoms. The molecule has 0 aromatic heterocycles. The Bertz CT molecular complexity index is 579. The number of amides is 2. The first kappa shape index (κ1) is 16.9. The Kier molecular flexibility index (Phi) is 5.16. The molecule has 1 aromatic carbocycles. The van der Waals surface area contributed by atoms with Gasteiger partial charge in [0.1, 0.15) is 0 Å². The Morgan fingerprint density at radius 2 is 1.95 bits per heavy atom. The van der Waals surface area contributed by atoms with Crippen molar-refractivity contribution >= 4 is 23.6 Å². The van der Waals surface area contributed by atoms with Crippen LogP contribution in [-0.2, 0) is 28.0 Å². The van der Waals surface area contributed by atoms with Crippen LogP contribution in [0, 0.1) is 0 Å². The Hall–Kier alpha value is -1.49. The van der Waals surface area contributed by atoms with Gasteiger partial charge in [-0.15, -0.1) is 11.8 Å². The predicted molar refractivity (Wildman–Crippen MR) is 90.8 cm³/mol. The lowest BCUT2D eigenvalue weighted by Crippen LogP contribution is -2.37. The van der Waals surface area contributed by atoms with Crippen LogP contribution in [0.3, 0.4) is 0 Å². The van der Waals surface area contributed by atoms with E-state index in [0.29, 0.717) is 12.3 Å². The normalized spacial score (nSPS) is 14.6. The molecule has 2 rings (SSSR count). The van der Waals surface area contributed by atoms with Crippen molar-refractivity contribution in [1.29, 1.82) is 0 Å². The summed E-state index contributed by atoms with van der Waals surface area (Å²) in [7, 11) is 0. The third-order valence-electron chi connectivity index (χ3n) is 3.91. The van der Waals surface area contributed by atoms with Crippen molar-refractivity contribution in [2.45, 2.75) is 39.2 Å². The molecule has 0 atom stereocenters. The second-order valence-corrected chi connectivity index (χ2v) is 7.74. The highest BCUT2D eigenvalue weighted by Gasteiger charge is 2.22. The molecule has 5 heteroatoms. The zero-order chi connectivity index (χ0) is 16.3. The molecule has 0 fully saturated rings. The average Bonchev–Trinajstić information content (AvgIpc) is 2.44. The van der Waals surface area contributed by atoms with Crippen LogP contribution >= 0.6 is 11.8 Å². The fourth-order valence-corrected chi connectivity index (χ4v) is 3.23. The molecule has 0 unspecified atom stereocenters. The van der Waals surface area contributed by atoms with E-state index in [2.05, 4.69) is 39.0 Å². The quantitative estimate of drug-likeness (QED) is 0.924. The number of nitrogens with two attached hydrogens (primary N) is 1. The van der Waals surface area contributed by atoms with E-state index in [-0.39, 0.29) is 23.0 Å². The summed E-state index contributed by atoms with van der Waals surface area (Å²) < 4.78 is 0. The molecular weight excluding hydrogens is 296 g/mol. The van der Waals surface area contributed by atoms with Gasteiger partial charge in [0.2, 0.25) is 11.8 Å². The molecule has 2 amide bonds. The Labute approximate surface area is 136 Å². The number of thioether (sulfide) groups is 1. The number of carbonyl (C=O) groups excluding carboxylic acids is 2. The molecule has 1 aromatic rings. The molecule has 0 saturated carbocycles. The lowest BCUT2D eigenvalue weighted by molar-refractivity contribution is -0.129. The maximum atomic E-state index is 12.2. The van der Waals surface area contributed by atoms with Gasteiger partial charge in [-0.3, -0.25) is 9.59 Å². The zero-order valence-corrected chi connectivity index (χ0v) is 14.3. The second-order valence-electron chi connectivity index (χ2n) is 6.76. The van der Waals surface area contributed by atoms with Gasteiger partial charge in [0.15, 0.2) is 0 Å². The number of benzene rings is 1. The number of fused-ring (bicyclic) bond motifs is 1. The summed E-state index contributed by atoms with van der Waals surface area (Å²) in [6, 6.07) is 6.62. The highest BCUT2D eigenvalue weighted by atomic mass is 32.2. The largest absolute Gasteiger partial charge is 0.369 e. The van der Waals surface area contributed by atoms with Crippen molar-refractivity contribution in [3.8, 4) is 0 Å². The van der Waals surface area contributed by atoms with Gasteiger partial charge in [-0.1, -0.05) is 39.0 Å². The van der Waals surface area contributed by atoms with E-state index in [1.54, 1.807) is 0 Å². The van der Waals surface area contributed by atoms with E-state index in [0.717, 1.165) is 13.0 Å². The summed E-state index contributed by atoms with van der Waals surface area (Å²) in [4.78, 5) is 24.8. The Morgan fingerprint density at radius 1 is 1.23 bits per heavy atom. The zero-order valence-electron chi connectivity index (χ0n) is 13.5. The summed E-state index contributed by atoms with van der Waals surface area (Å²) in [5, 5.41) is 0. The molecule has 0 saturated heterocycles. The second kappa shape index (κ2) is 6.73. The number of nitrogens with zero attached hydrogens (tertiary/aromatic N) is 1. The first-order valence-electron chi connectivity index (χ1n) is 7.53. The van der Waals surface area contributed by atoms with Gasteiger partial charge >= 0.3 is 0 Å². The SMILES string of the molecule is CC(C)(C)c1ccc2c(c1)CN(C(=O)CSCC(N)=O)CC2. The van der Waals surface area contributed by atoms with Gasteiger partial charge in [-0.2, -0.15) is 0 Å². The van der Waals surface area contributed by atoms with E-state index >= 15 is 0 Å². The monoisotopic (exact) mass is 320 g/mol. The molecule has 120 valence electrons. The van der Waals surface area contributed by atoms with E-state index in [4.69, 9.17) is 5.73 Å². The summed E-state index contributed by atoms with van der Waals surface area (Å²) in [6.07, 6.45) is 0.895. The standard InChI is InChI=1S/C17H24N2O2S/c1-17(2,3)14-5-4-12-6-7-19(9-13(12)8-14)16(21)11-22-10-15(18)20/h4-5,8H,6-7,9-11H2,1-3H3,(H2,18,20). The number of hydrogen-bond donors (Lipinski definition) is 1. The minimum atomic E-state index is -0.378. The Morgan fingerprint density at radius 3 is 2.59 bits per heavy atom. The molecule has 4 nitrogen and oxygen atoms in total. The molecule has 1 aliphatic rings. The fraction of sp³-hybridized carbons (Fsp3) is 0.529. The molecule has 1 aliphatic heterocycles. The molecule has 0 aliphatic carbocycles. The van der Waals surface area contributed by atoms with E-state index in [9.17, 15) is 9.59 Å². The van der Waals surface area contributed by atoms with Crippen molar-refractivity contribution in [2.75, 3.05) is 18.1 Å². The van der Waals surface area contributed by atoms with Crippen LogP contribution in [0.1, 0.15) is 37.5 Å². The first-order chi connectivity index (χ1) is 10.3. The topological polar surface area (TPSA) is 63.4 Å². The van der Waals surface area contributed by atoms with E-state index in [1.165, 1.54) is 28.5 Å². The first-order valence-corrected chi connectivity index (χ1v) is 8.69. The van der Waals surface area contributed by atoms with Crippen LogP contribution in [0.5, 0.6) is 0 Å². The maximum absolute atomic E-state index is 12.2. The van der Waals surface area contributed by atoms with Crippen LogP contribution in [0.25, 0.3) is 0 Å². The van der Waals surface area contributed by atoms with Gasteiger partial charge in [0.25, 0.3) is 0 Å². The van der Waals surface area contributed by atoms with Crippen molar-refractivity contribution in [3.63, 3.8) is 0 Å². The van der Waals surface area contributed by atoms with Gasteiger partial charge in [0, 0.05) is 13.1 Å². The molecule has 0 radical (unpaired) electrons.